The summed E-state index contributed by atoms with van der Waals surface area (Å²) in [7, 11) is 2.61. The van der Waals surface area contributed by atoms with E-state index in [0.29, 0.717) is 10.8 Å². The van der Waals surface area contributed by atoms with Gasteiger partial charge in [0.15, 0.2) is 0 Å². The highest BCUT2D eigenvalue weighted by atomic mass is 31.0. The second-order valence-corrected chi connectivity index (χ2v) is 9.31. The molecule has 0 N–H and O–H groups in total. The Kier molecular flexibility index (Phi) is 3.84. The van der Waals surface area contributed by atoms with Gasteiger partial charge in [0.2, 0.25) is 0 Å². The maximum absolute atomic E-state index is 15.4. The molecule has 0 aliphatic carbocycles. The lowest BCUT2D eigenvalue weighted by molar-refractivity contribution is 0.639. The second-order valence-electron chi connectivity index (χ2n) is 8.69. The number of hydrogen-bond donors (Lipinski definition) is 0. The van der Waals surface area contributed by atoms with Gasteiger partial charge in [0, 0.05) is 21.5 Å². The van der Waals surface area contributed by atoms with Crippen LogP contribution in [0, 0.1) is 11.6 Å². The molecule has 1 atom stereocenters. The largest absolute Gasteiger partial charge is 0.206 e. The minimum absolute atomic E-state index is 0.287. The molecular weight excluding hydrogens is 429 g/mol. The molecule has 7 rings (SSSR count). The van der Waals surface area contributed by atoms with E-state index in [-0.39, 0.29) is 11.6 Å². The molecule has 3 heteroatoms. The van der Waals surface area contributed by atoms with Crippen molar-refractivity contribution in [3.8, 4) is 11.1 Å². The standard InChI is InChI=1S/C30H17F2P/c31-26-14-25(19-6-5-18-11-16-3-1-2-4-17(16)12-20(18)13-19)21-7-10-24-28(33)15-27(32)23-9-8-22(26)29(21)30(23)24/h1-15H,33H2. The molecule has 0 amide bonds. The molecule has 1 unspecified atom stereocenters. The Balaban J connectivity index is 1.59. The van der Waals surface area contributed by atoms with Crippen molar-refractivity contribution in [2.24, 2.45) is 0 Å². The van der Waals surface area contributed by atoms with Gasteiger partial charge < -0.3 is 0 Å². The summed E-state index contributed by atoms with van der Waals surface area (Å²) in [5.41, 5.74) is 1.76. The number of halogens is 2. The third-order valence-electron chi connectivity index (χ3n) is 6.85. The van der Waals surface area contributed by atoms with Crippen molar-refractivity contribution in [2.45, 2.75) is 0 Å². The van der Waals surface area contributed by atoms with Gasteiger partial charge >= 0.3 is 0 Å². The molecule has 0 spiro atoms. The molecule has 0 saturated heterocycles. The molecule has 0 bridgehead atoms. The average molecular weight is 446 g/mol. The van der Waals surface area contributed by atoms with Gasteiger partial charge in [-0.15, -0.1) is 9.24 Å². The molecule has 0 nitrogen and oxygen atoms in total. The summed E-state index contributed by atoms with van der Waals surface area (Å²) >= 11 is 0. The van der Waals surface area contributed by atoms with Crippen LogP contribution in [-0.2, 0) is 0 Å². The van der Waals surface area contributed by atoms with Crippen molar-refractivity contribution in [1.82, 2.24) is 0 Å². The van der Waals surface area contributed by atoms with Crippen LogP contribution >= 0.6 is 9.24 Å². The average Bonchev–Trinajstić information content (AvgIpc) is 2.83. The Morgan fingerprint density at radius 1 is 0.485 bits per heavy atom. The van der Waals surface area contributed by atoms with Crippen LogP contribution < -0.4 is 5.30 Å². The fourth-order valence-corrected chi connectivity index (χ4v) is 5.67. The van der Waals surface area contributed by atoms with Crippen LogP contribution in [0.25, 0.3) is 65.0 Å². The van der Waals surface area contributed by atoms with Gasteiger partial charge in [-0.2, -0.15) is 0 Å². The van der Waals surface area contributed by atoms with Crippen molar-refractivity contribution < 1.29 is 8.78 Å². The van der Waals surface area contributed by atoms with Gasteiger partial charge in [-0.3, -0.25) is 0 Å². The van der Waals surface area contributed by atoms with E-state index in [0.717, 1.165) is 48.7 Å². The lowest BCUT2D eigenvalue weighted by Crippen LogP contribution is -1.99. The molecule has 0 radical (unpaired) electrons. The van der Waals surface area contributed by atoms with Crippen molar-refractivity contribution in [3.05, 3.63) is 103 Å². The summed E-state index contributed by atoms with van der Waals surface area (Å²) in [6.07, 6.45) is 0. The van der Waals surface area contributed by atoms with Crippen molar-refractivity contribution >= 4 is 68.4 Å². The Labute approximate surface area is 191 Å². The fraction of sp³-hybridized carbons (Fsp3) is 0. The highest BCUT2D eigenvalue weighted by molar-refractivity contribution is 7.28. The van der Waals surface area contributed by atoms with Crippen molar-refractivity contribution in [3.63, 3.8) is 0 Å². The molecule has 33 heavy (non-hydrogen) atoms. The van der Waals surface area contributed by atoms with Gasteiger partial charge in [-0.05, 0) is 79.1 Å². The van der Waals surface area contributed by atoms with E-state index >= 15 is 4.39 Å². The van der Waals surface area contributed by atoms with E-state index in [1.165, 1.54) is 16.8 Å². The first-order chi connectivity index (χ1) is 16.1. The van der Waals surface area contributed by atoms with E-state index in [9.17, 15) is 4.39 Å². The first kappa shape index (κ1) is 18.9. The zero-order valence-electron chi connectivity index (χ0n) is 17.5. The smallest absolute Gasteiger partial charge is 0.131 e. The van der Waals surface area contributed by atoms with Gasteiger partial charge in [0.05, 0.1) is 0 Å². The van der Waals surface area contributed by atoms with Gasteiger partial charge in [0.1, 0.15) is 11.6 Å². The summed E-state index contributed by atoms with van der Waals surface area (Å²) in [5, 5.41) is 9.86. The SMILES string of the molecule is Fc1cc(P)c2ccc3c(-c4ccc5cc6ccccc6cc5c4)cc(F)c4ccc1c2c43. The molecule has 0 saturated carbocycles. The van der Waals surface area contributed by atoms with E-state index in [2.05, 4.69) is 45.6 Å². The minimum Gasteiger partial charge on any atom is -0.206 e. The first-order valence-electron chi connectivity index (χ1n) is 10.9. The van der Waals surface area contributed by atoms with E-state index in [4.69, 9.17) is 0 Å². The zero-order chi connectivity index (χ0) is 22.3. The molecule has 0 aliphatic heterocycles. The van der Waals surface area contributed by atoms with Gasteiger partial charge in [-0.25, -0.2) is 8.78 Å². The van der Waals surface area contributed by atoms with Crippen LogP contribution in [0.2, 0.25) is 0 Å². The normalized spacial score (nSPS) is 12.1. The van der Waals surface area contributed by atoms with Gasteiger partial charge in [0.25, 0.3) is 0 Å². The summed E-state index contributed by atoms with van der Waals surface area (Å²) in [4.78, 5) is 0. The second kappa shape index (κ2) is 6.70. The molecule has 0 fully saturated rings. The van der Waals surface area contributed by atoms with Crippen LogP contribution in [0.5, 0.6) is 0 Å². The summed E-state index contributed by atoms with van der Waals surface area (Å²) < 4.78 is 30.2. The van der Waals surface area contributed by atoms with Crippen LogP contribution in [0.1, 0.15) is 0 Å². The van der Waals surface area contributed by atoms with Gasteiger partial charge in [-0.1, -0.05) is 60.7 Å². The Morgan fingerprint density at radius 3 is 1.82 bits per heavy atom. The zero-order valence-corrected chi connectivity index (χ0v) is 18.6. The topological polar surface area (TPSA) is 0 Å². The minimum atomic E-state index is -0.292. The molecule has 7 aromatic carbocycles. The van der Waals surface area contributed by atoms with Crippen LogP contribution in [-0.4, -0.2) is 0 Å². The lowest BCUT2D eigenvalue weighted by Gasteiger charge is -2.17. The van der Waals surface area contributed by atoms with E-state index < -0.39 is 0 Å². The van der Waals surface area contributed by atoms with E-state index in [1.54, 1.807) is 18.2 Å². The third kappa shape index (κ3) is 2.65. The van der Waals surface area contributed by atoms with Crippen molar-refractivity contribution in [2.75, 3.05) is 0 Å². The molecule has 0 aromatic heterocycles. The first-order valence-corrected chi connectivity index (χ1v) is 11.4. The third-order valence-corrected chi connectivity index (χ3v) is 7.32. The van der Waals surface area contributed by atoms with Crippen LogP contribution in [0.15, 0.2) is 91.0 Å². The maximum Gasteiger partial charge on any atom is 0.131 e. The highest BCUT2D eigenvalue weighted by Gasteiger charge is 2.18. The molecule has 7 aromatic rings. The highest BCUT2D eigenvalue weighted by Crippen LogP contribution is 2.41. The predicted octanol–water partition coefficient (Wildman–Crippen LogP) is 8.34. The predicted molar refractivity (Wildman–Crippen MR) is 140 cm³/mol. The molecule has 0 heterocycles. The summed E-state index contributed by atoms with van der Waals surface area (Å²) in [6.45, 7) is 0. The Bertz CT molecular complexity index is 1880. The van der Waals surface area contributed by atoms with Crippen LogP contribution in [0.4, 0.5) is 8.78 Å². The lowest BCUT2D eigenvalue weighted by atomic mass is 9.88. The molecular formula is C30H17F2P. The number of fused-ring (bicyclic) bond motifs is 2. The number of hydrogen-bond acceptors (Lipinski definition) is 0. The van der Waals surface area contributed by atoms with Crippen molar-refractivity contribution in [1.29, 1.82) is 0 Å². The Hall–Kier alpha value is -3.61. The van der Waals surface area contributed by atoms with E-state index in [1.807, 2.05) is 30.3 Å². The molecule has 0 aliphatic rings. The quantitative estimate of drug-likeness (QED) is 0.135. The monoisotopic (exact) mass is 446 g/mol. The Morgan fingerprint density at radius 2 is 1.06 bits per heavy atom. The summed E-state index contributed by atoms with van der Waals surface area (Å²) in [5.74, 6) is -0.578. The van der Waals surface area contributed by atoms with Crippen LogP contribution in [0.3, 0.4) is 0 Å². The fourth-order valence-electron chi connectivity index (χ4n) is 5.28. The molecule has 156 valence electrons. The number of rotatable bonds is 1. The number of benzene rings is 7. The maximum atomic E-state index is 15.4. The summed E-state index contributed by atoms with van der Waals surface area (Å²) in [6, 6.07) is 29.5.